The minimum atomic E-state index is -3.68. The highest BCUT2D eigenvalue weighted by atomic mass is 32.2. The van der Waals surface area contributed by atoms with E-state index in [0.717, 1.165) is 25.9 Å². The van der Waals surface area contributed by atoms with Gasteiger partial charge in [0.15, 0.2) is 0 Å². The fourth-order valence-electron chi connectivity index (χ4n) is 2.53. The van der Waals surface area contributed by atoms with Crippen molar-refractivity contribution in [1.82, 2.24) is 14.3 Å². The molecule has 130 valence electrons. The number of hydrogen-bond donors (Lipinski definition) is 2. The van der Waals surface area contributed by atoms with Crippen molar-refractivity contribution in [3.63, 3.8) is 0 Å². The van der Waals surface area contributed by atoms with Gasteiger partial charge in [-0.3, -0.25) is 0 Å². The third-order valence-electron chi connectivity index (χ3n) is 3.97. The molecule has 2 N–H and O–H groups in total. The number of hydrogen-bond acceptors (Lipinski definition) is 5. The van der Waals surface area contributed by atoms with Crippen LogP contribution in [0.1, 0.15) is 12.8 Å². The van der Waals surface area contributed by atoms with Gasteiger partial charge in [-0.05, 0) is 38.1 Å². The second kappa shape index (κ2) is 7.71. The highest BCUT2D eigenvalue weighted by molar-refractivity contribution is 7.90. The molecule has 0 saturated carbocycles. The lowest BCUT2D eigenvalue weighted by Gasteiger charge is -2.30. The van der Waals surface area contributed by atoms with Crippen LogP contribution in [-0.2, 0) is 20.0 Å². The maximum atomic E-state index is 12.3. The first-order valence-electron chi connectivity index (χ1n) is 7.54. The van der Waals surface area contributed by atoms with Crippen molar-refractivity contribution in [3.8, 4) is 0 Å². The van der Waals surface area contributed by atoms with Crippen LogP contribution >= 0.6 is 0 Å². The molecule has 1 aromatic rings. The van der Waals surface area contributed by atoms with Gasteiger partial charge in [0.2, 0.25) is 20.0 Å². The third-order valence-corrected chi connectivity index (χ3v) is 7.34. The van der Waals surface area contributed by atoms with Crippen molar-refractivity contribution < 1.29 is 16.8 Å². The summed E-state index contributed by atoms with van der Waals surface area (Å²) in [6.45, 7) is 1.45. The van der Waals surface area contributed by atoms with E-state index in [-0.39, 0.29) is 23.2 Å². The Morgan fingerprint density at radius 1 is 1.13 bits per heavy atom. The zero-order valence-corrected chi connectivity index (χ0v) is 14.7. The number of nitrogens with zero attached hydrogens (tertiary/aromatic N) is 1. The van der Waals surface area contributed by atoms with E-state index in [1.807, 2.05) is 0 Å². The Hall–Kier alpha value is -1.00. The molecular weight excluding hydrogens is 338 g/mol. The van der Waals surface area contributed by atoms with E-state index in [1.165, 1.54) is 16.4 Å². The summed E-state index contributed by atoms with van der Waals surface area (Å²) < 4.78 is 52.5. The van der Waals surface area contributed by atoms with E-state index >= 15 is 0 Å². The van der Waals surface area contributed by atoms with Crippen LogP contribution in [0.4, 0.5) is 0 Å². The molecule has 23 heavy (non-hydrogen) atoms. The molecule has 7 nitrogen and oxygen atoms in total. The molecule has 0 amide bonds. The highest BCUT2D eigenvalue weighted by Crippen LogP contribution is 2.14. The van der Waals surface area contributed by atoms with E-state index in [0.29, 0.717) is 0 Å². The predicted molar refractivity (Wildman–Crippen MR) is 89.1 cm³/mol. The van der Waals surface area contributed by atoms with Crippen molar-refractivity contribution in [3.05, 3.63) is 30.3 Å². The molecular formula is C14H23N3O4S2. The Kier molecular flexibility index (Phi) is 6.15. The molecule has 1 aromatic carbocycles. The van der Waals surface area contributed by atoms with Gasteiger partial charge in [0, 0.05) is 19.6 Å². The summed E-state index contributed by atoms with van der Waals surface area (Å²) in [7, 11) is -5.60. The first kappa shape index (κ1) is 18.3. The van der Waals surface area contributed by atoms with Gasteiger partial charge in [0.1, 0.15) is 0 Å². The van der Waals surface area contributed by atoms with Crippen molar-refractivity contribution in [2.45, 2.75) is 23.8 Å². The summed E-state index contributed by atoms with van der Waals surface area (Å²) in [5, 5.41) is 3.19. The van der Waals surface area contributed by atoms with Gasteiger partial charge in [-0.25, -0.2) is 25.9 Å². The van der Waals surface area contributed by atoms with E-state index < -0.39 is 20.0 Å². The van der Waals surface area contributed by atoms with Gasteiger partial charge < -0.3 is 5.32 Å². The molecule has 1 aliphatic heterocycles. The Balaban J connectivity index is 1.92. The quantitative estimate of drug-likeness (QED) is 0.712. The van der Waals surface area contributed by atoms with Crippen LogP contribution in [0.15, 0.2) is 35.2 Å². The highest BCUT2D eigenvalue weighted by Gasteiger charge is 2.27. The molecule has 0 aliphatic carbocycles. The van der Waals surface area contributed by atoms with Gasteiger partial charge in [0.05, 0.1) is 10.6 Å². The Bertz CT molecular complexity index is 699. The molecule has 1 saturated heterocycles. The maximum Gasteiger partial charge on any atom is 0.240 e. The van der Waals surface area contributed by atoms with Crippen LogP contribution < -0.4 is 10.0 Å². The molecule has 0 spiro atoms. The van der Waals surface area contributed by atoms with Crippen LogP contribution in [0.2, 0.25) is 0 Å². The molecule has 1 aliphatic rings. The number of nitrogens with one attached hydrogen (secondary N) is 2. The minimum absolute atomic E-state index is 0.0213. The topological polar surface area (TPSA) is 95.6 Å². The van der Waals surface area contributed by atoms with E-state index in [2.05, 4.69) is 10.0 Å². The van der Waals surface area contributed by atoms with E-state index in [1.54, 1.807) is 25.2 Å². The zero-order chi connectivity index (χ0) is 16.9. The Morgan fingerprint density at radius 3 is 2.35 bits per heavy atom. The van der Waals surface area contributed by atoms with Gasteiger partial charge in [-0.1, -0.05) is 18.2 Å². The lowest BCUT2D eigenvalue weighted by Crippen LogP contribution is -2.45. The number of rotatable bonds is 7. The molecule has 2 rings (SSSR count). The average molecular weight is 361 g/mol. The molecule has 0 radical (unpaired) electrons. The monoisotopic (exact) mass is 361 g/mol. The van der Waals surface area contributed by atoms with Gasteiger partial charge in [-0.15, -0.1) is 0 Å². The third kappa shape index (κ3) is 4.98. The van der Waals surface area contributed by atoms with Gasteiger partial charge in [0.25, 0.3) is 0 Å². The first-order chi connectivity index (χ1) is 10.8. The van der Waals surface area contributed by atoms with E-state index in [9.17, 15) is 16.8 Å². The number of benzene rings is 1. The summed E-state index contributed by atoms with van der Waals surface area (Å²) in [4.78, 5) is 0.129. The van der Waals surface area contributed by atoms with Crippen LogP contribution in [0.5, 0.6) is 0 Å². The molecule has 0 bridgehead atoms. The average Bonchev–Trinajstić information content (AvgIpc) is 2.55. The van der Waals surface area contributed by atoms with Crippen LogP contribution in [0.25, 0.3) is 0 Å². The van der Waals surface area contributed by atoms with Crippen LogP contribution in [0.3, 0.4) is 0 Å². The molecule has 0 unspecified atom stereocenters. The molecule has 0 aromatic heterocycles. The van der Waals surface area contributed by atoms with E-state index in [4.69, 9.17) is 0 Å². The summed E-state index contributed by atoms with van der Waals surface area (Å²) in [6.07, 6.45) is 1.54. The van der Waals surface area contributed by atoms with Gasteiger partial charge in [-0.2, -0.15) is 0 Å². The summed E-state index contributed by atoms with van der Waals surface area (Å²) in [5.74, 6) is -0.251. The zero-order valence-electron chi connectivity index (χ0n) is 13.1. The van der Waals surface area contributed by atoms with Crippen molar-refractivity contribution in [1.29, 1.82) is 0 Å². The molecule has 0 atom stereocenters. The lowest BCUT2D eigenvalue weighted by atomic mass is 10.1. The van der Waals surface area contributed by atoms with Gasteiger partial charge >= 0.3 is 0 Å². The first-order valence-corrected chi connectivity index (χ1v) is 10.6. The second-order valence-electron chi connectivity index (χ2n) is 5.52. The Labute approximate surface area is 138 Å². The number of sulfonamides is 2. The fourth-order valence-corrected chi connectivity index (χ4v) is 5.02. The number of piperidine rings is 1. The molecule has 1 heterocycles. The normalized spacial score (nSPS) is 17.5. The van der Waals surface area contributed by atoms with Crippen molar-refractivity contribution in [2.75, 3.05) is 32.4 Å². The summed E-state index contributed by atoms with van der Waals surface area (Å²) >= 11 is 0. The summed E-state index contributed by atoms with van der Waals surface area (Å²) in [5.41, 5.74) is 0. The summed E-state index contributed by atoms with van der Waals surface area (Å²) in [6, 6.07) is 7.88. The molecule has 1 fully saturated rings. The SMILES string of the molecule is CN(C1CCNCC1)S(=O)(=O)CCNS(=O)(=O)c1ccccc1. The Morgan fingerprint density at radius 2 is 1.74 bits per heavy atom. The largest absolute Gasteiger partial charge is 0.317 e. The van der Waals surface area contributed by atoms with Crippen molar-refractivity contribution in [2.24, 2.45) is 0 Å². The maximum absolute atomic E-state index is 12.3. The van der Waals surface area contributed by atoms with Crippen LogP contribution in [0, 0.1) is 0 Å². The fraction of sp³-hybridized carbons (Fsp3) is 0.571. The minimum Gasteiger partial charge on any atom is -0.317 e. The standard InChI is InChI=1S/C14H23N3O4S2/c1-17(13-7-9-15-10-8-13)22(18,19)12-11-16-23(20,21)14-5-3-2-4-6-14/h2-6,13,15-16H,7-12H2,1H3. The lowest BCUT2D eigenvalue weighted by molar-refractivity contribution is 0.296. The van der Waals surface area contributed by atoms with Crippen molar-refractivity contribution >= 4 is 20.0 Å². The predicted octanol–water partition coefficient (Wildman–Crippen LogP) is -0.0215. The second-order valence-corrected chi connectivity index (χ2v) is 9.44. The molecule has 9 heteroatoms. The smallest absolute Gasteiger partial charge is 0.240 e. The van der Waals surface area contributed by atoms with Crippen LogP contribution in [-0.4, -0.2) is 59.6 Å².